The lowest BCUT2D eigenvalue weighted by Gasteiger charge is -2.37. The van der Waals surface area contributed by atoms with Gasteiger partial charge in [-0.15, -0.1) is 0 Å². The number of methoxy groups -OCH3 is 1. The number of piperazine rings is 1. The van der Waals surface area contributed by atoms with Crippen LogP contribution in [-0.2, 0) is 4.84 Å². The maximum absolute atomic E-state index is 5.96. The number of anilines is 1. The molecule has 0 bridgehead atoms. The predicted molar refractivity (Wildman–Crippen MR) is 109 cm³/mol. The van der Waals surface area contributed by atoms with Gasteiger partial charge in [0.05, 0.1) is 18.5 Å². The summed E-state index contributed by atoms with van der Waals surface area (Å²) in [6, 6.07) is 16.0. The maximum Gasteiger partial charge on any atom is 0.145 e. The van der Waals surface area contributed by atoms with Crippen molar-refractivity contribution in [3.8, 4) is 5.75 Å². The summed E-state index contributed by atoms with van der Waals surface area (Å²) in [5.74, 6) is 0.936. The zero-order valence-electron chi connectivity index (χ0n) is 15.5. The summed E-state index contributed by atoms with van der Waals surface area (Å²) in [7, 11) is 1.73. The summed E-state index contributed by atoms with van der Waals surface area (Å²) < 4.78 is 5.50. The zero-order valence-corrected chi connectivity index (χ0v) is 16.2. The van der Waals surface area contributed by atoms with Crippen LogP contribution in [-0.4, -0.2) is 56.5 Å². The summed E-state index contributed by atoms with van der Waals surface area (Å²) in [5.41, 5.74) is 3.26. The molecule has 0 saturated carbocycles. The molecule has 27 heavy (non-hydrogen) atoms. The van der Waals surface area contributed by atoms with Crippen molar-refractivity contribution in [1.82, 2.24) is 4.90 Å². The average Bonchev–Trinajstić information content (AvgIpc) is 3.17. The van der Waals surface area contributed by atoms with Crippen molar-refractivity contribution < 1.29 is 9.57 Å². The number of benzene rings is 2. The predicted octanol–water partition coefficient (Wildman–Crippen LogP) is 3.66. The molecule has 0 radical (unpaired) electrons. The molecule has 1 fully saturated rings. The van der Waals surface area contributed by atoms with E-state index in [4.69, 9.17) is 21.2 Å². The van der Waals surface area contributed by atoms with E-state index < -0.39 is 0 Å². The third-order valence-corrected chi connectivity index (χ3v) is 5.42. The van der Waals surface area contributed by atoms with Crippen LogP contribution in [0.1, 0.15) is 12.0 Å². The Morgan fingerprint density at radius 2 is 1.81 bits per heavy atom. The van der Waals surface area contributed by atoms with Crippen LogP contribution in [0.2, 0.25) is 5.02 Å². The second-order valence-electron chi connectivity index (χ2n) is 6.94. The summed E-state index contributed by atoms with van der Waals surface area (Å²) in [6.45, 7) is 4.89. The van der Waals surface area contributed by atoms with Gasteiger partial charge in [0, 0.05) is 44.2 Å². The fourth-order valence-corrected chi connectivity index (χ4v) is 3.82. The highest BCUT2D eigenvalue weighted by Gasteiger charge is 2.27. The number of hydrogen-bond acceptors (Lipinski definition) is 5. The lowest BCUT2D eigenvalue weighted by molar-refractivity contribution is 0.0510. The molecular weight excluding hydrogens is 362 g/mol. The Morgan fingerprint density at radius 1 is 1.07 bits per heavy atom. The highest BCUT2D eigenvalue weighted by Crippen LogP contribution is 2.28. The number of ether oxygens (including phenoxy) is 1. The zero-order chi connectivity index (χ0) is 18.6. The molecule has 2 aliphatic heterocycles. The van der Waals surface area contributed by atoms with Gasteiger partial charge in [0.25, 0.3) is 0 Å². The molecule has 1 atom stereocenters. The van der Waals surface area contributed by atoms with E-state index in [-0.39, 0.29) is 6.10 Å². The van der Waals surface area contributed by atoms with Gasteiger partial charge in [-0.3, -0.25) is 4.90 Å². The van der Waals surface area contributed by atoms with Gasteiger partial charge in [0.2, 0.25) is 0 Å². The summed E-state index contributed by atoms with van der Waals surface area (Å²) in [5, 5.41) is 5.03. The van der Waals surface area contributed by atoms with E-state index in [9.17, 15) is 0 Å². The minimum Gasteiger partial charge on any atom is -0.495 e. The Morgan fingerprint density at radius 3 is 2.56 bits per heavy atom. The van der Waals surface area contributed by atoms with Crippen LogP contribution in [0.3, 0.4) is 0 Å². The first-order valence-electron chi connectivity index (χ1n) is 9.32. The van der Waals surface area contributed by atoms with E-state index in [1.807, 2.05) is 36.4 Å². The highest BCUT2D eigenvalue weighted by atomic mass is 35.5. The van der Waals surface area contributed by atoms with Crippen LogP contribution in [0.15, 0.2) is 53.7 Å². The molecule has 0 N–H and O–H groups in total. The molecule has 142 valence electrons. The summed E-state index contributed by atoms with van der Waals surface area (Å²) in [4.78, 5) is 10.5. The monoisotopic (exact) mass is 385 g/mol. The van der Waals surface area contributed by atoms with Gasteiger partial charge in [0.1, 0.15) is 11.9 Å². The third-order valence-electron chi connectivity index (χ3n) is 5.17. The minimum atomic E-state index is 0.119. The Hall–Kier alpha value is -2.24. The number of oxime groups is 1. The highest BCUT2D eigenvalue weighted by molar-refractivity contribution is 6.30. The van der Waals surface area contributed by atoms with E-state index in [0.29, 0.717) is 0 Å². The molecule has 4 rings (SSSR count). The van der Waals surface area contributed by atoms with Crippen LogP contribution >= 0.6 is 11.6 Å². The molecular formula is C21H24ClN3O2. The molecule has 2 heterocycles. The number of hydrogen-bond donors (Lipinski definition) is 0. The lowest BCUT2D eigenvalue weighted by Crippen LogP contribution is -2.48. The second kappa shape index (κ2) is 8.19. The van der Waals surface area contributed by atoms with E-state index in [1.54, 1.807) is 7.11 Å². The number of nitrogens with zero attached hydrogens (tertiary/aromatic N) is 3. The fourth-order valence-electron chi connectivity index (χ4n) is 3.69. The van der Waals surface area contributed by atoms with Crippen LogP contribution in [0.25, 0.3) is 0 Å². The lowest BCUT2D eigenvalue weighted by atomic mass is 10.0. The number of para-hydroxylation sites is 2. The molecule has 1 saturated heterocycles. The molecule has 1 unspecified atom stereocenters. The molecule has 0 spiro atoms. The van der Waals surface area contributed by atoms with Gasteiger partial charge in [-0.25, -0.2) is 0 Å². The van der Waals surface area contributed by atoms with Crippen LogP contribution in [0.4, 0.5) is 5.69 Å². The number of rotatable bonds is 5. The van der Waals surface area contributed by atoms with Crippen LogP contribution in [0.5, 0.6) is 5.75 Å². The summed E-state index contributed by atoms with van der Waals surface area (Å²) >= 11 is 5.96. The normalized spacial score (nSPS) is 20.3. The average molecular weight is 386 g/mol. The Kier molecular flexibility index (Phi) is 5.50. The van der Waals surface area contributed by atoms with Gasteiger partial charge >= 0.3 is 0 Å². The van der Waals surface area contributed by atoms with E-state index in [1.165, 1.54) is 5.69 Å². The second-order valence-corrected chi connectivity index (χ2v) is 7.37. The molecule has 0 aliphatic carbocycles. The Balaban J connectivity index is 1.28. The van der Waals surface area contributed by atoms with Crippen molar-refractivity contribution in [1.29, 1.82) is 0 Å². The topological polar surface area (TPSA) is 37.3 Å². The molecule has 2 aromatic carbocycles. The van der Waals surface area contributed by atoms with Gasteiger partial charge < -0.3 is 14.5 Å². The quantitative estimate of drug-likeness (QED) is 0.787. The molecule has 6 heteroatoms. The van der Waals surface area contributed by atoms with Crippen molar-refractivity contribution >= 4 is 23.0 Å². The molecule has 0 amide bonds. The van der Waals surface area contributed by atoms with Gasteiger partial charge in [-0.05, 0) is 29.8 Å². The smallest absolute Gasteiger partial charge is 0.145 e. The first-order valence-corrected chi connectivity index (χ1v) is 9.69. The SMILES string of the molecule is COc1ccccc1N1CCN(CC2CC(c3ccc(Cl)cc3)=NO2)CC1. The largest absolute Gasteiger partial charge is 0.495 e. The third kappa shape index (κ3) is 4.20. The van der Waals surface area contributed by atoms with Crippen molar-refractivity contribution in [3.05, 3.63) is 59.1 Å². The van der Waals surface area contributed by atoms with E-state index >= 15 is 0 Å². The first-order chi connectivity index (χ1) is 13.2. The fraction of sp³-hybridized carbons (Fsp3) is 0.381. The van der Waals surface area contributed by atoms with Crippen molar-refractivity contribution in [3.63, 3.8) is 0 Å². The summed E-state index contributed by atoms with van der Waals surface area (Å²) in [6.07, 6.45) is 0.961. The first kappa shape index (κ1) is 18.1. The van der Waals surface area contributed by atoms with Gasteiger partial charge in [-0.1, -0.05) is 41.0 Å². The Labute approximate surface area is 165 Å². The van der Waals surface area contributed by atoms with Crippen LogP contribution in [0, 0.1) is 0 Å². The maximum atomic E-state index is 5.96. The van der Waals surface area contributed by atoms with Crippen molar-refractivity contribution in [2.75, 3.05) is 44.7 Å². The molecule has 5 nitrogen and oxygen atoms in total. The van der Waals surface area contributed by atoms with E-state index in [2.05, 4.69) is 27.1 Å². The minimum absolute atomic E-state index is 0.119. The number of halogens is 1. The molecule has 2 aliphatic rings. The Bertz CT molecular complexity index is 801. The van der Waals surface area contributed by atoms with Gasteiger partial charge in [-0.2, -0.15) is 0 Å². The standard InChI is InChI=1S/C21H24ClN3O2/c1-26-21-5-3-2-4-20(21)25-12-10-24(11-13-25)15-18-14-19(23-27-18)16-6-8-17(22)9-7-16/h2-9,18H,10-15H2,1H3. The molecule has 0 aromatic heterocycles. The van der Waals surface area contributed by atoms with Crippen LogP contribution < -0.4 is 9.64 Å². The van der Waals surface area contributed by atoms with Crippen molar-refractivity contribution in [2.45, 2.75) is 12.5 Å². The van der Waals surface area contributed by atoms with Gasteiger partial charge in [0.15, 0.2) is 0 Å². The van der Waals surface area contributed by atoms with Crippen molar-refractivity contribution in [2.24, 2.45) is 5.16 Å². The molecule has 2 aromatic rings. The van der Waals surface area contributed by atoms with E-state index in [0.717, 1.165) is 61.2 Å².